The summed E-state index contributed by atoms with van der Waals surface area (Å²) in [6, 6.07) is 3.57. The Morgan fingerprint density at radius 2 is 2.00 bits per heavy atom. The Kier molecular flexibility index (Phi) is 2.95. The second-order valence-electron chi connectivity index (χ2n) is 3.25. The van der Waals surface area contributed by atoms with Gasteiger partial charge in [0.05, 0.1) is 5.56 Å². The molecule has 1 aromatic heterocycles. The Labute approximate surface area is 96.0 Å². The molecule has 0 fully saturated rings. The van der Waals surface area contributed by atoms with Gasteiger partial charge in [-0.3, -0.25) is 4.79 Å². The van der Waals surface area contributed by atoms with Crippen molar-refractivity contribution in [3.8, 4) is 5.75 Å². The van der Waals surface area contributed by atoms with Gasteiger partial charge in [0, 0.05) is 24.1 Å². The lowest BCUT2D eigenvalue weighted by Gasteiger charge is -2.05. The second kappa shape index (κ2) is 4.56. The first-order chi connectivity index (χ1) is 8.16. The van der Waals surface area contributed by atoms with E-state index in [0.29, 0.717) is 0 Å². The Morgan fingerprint density at radius 1 is 1.29 bits per heavy atom. The highest BCUT2D eigenvalue weighted by atomic mass is 19.1. The number of rotatable bonds is 2. The van der Waals surface area contributed by atoms with Crippen LogP contribution in [0.4, 0.5) is 10.1 Å². The number of phenols is 1. The molecule has 1 amide bonds. The van der Waals surface area contributed by atoms with E-state index in [1.807, 2.05) is 0 Å². The molecule has 1 aromatic carbocycles. The van der Waals surface area contributed by atoms with Crippen molar-refractivity contribution >= 4 is 11.6 Å². The van der Waals surface area contributed by atoms with Crippen LogP contribution < -0.4 is 5.32 Å². The van der Waals surface area contributed by atoms with Gasteiger partial charge in [-0.15, -0.1) is 0 Å². The normalized spacial score (nSPS) is 9.94. The third-order valence-electron chi connectivity index (χ3n) is 2.03. The number of amides is 1. The van der Waals surface area contributed by atoms with E-state index >= 15 is 0 Å². The second-order valence-corrected chi connectivity index (χ2v) is 3.25. The number of nitrogens with zero attached hydrogens (tertiary/aromatic N) is 2. The van der Waals surface area contributed by atoms with E-state index in [2.05, 4.69) is 15.3 Å². The van der Waals surface area contributed by atoms with Crippen molar-refractivity contribution in [2.45, 2.75) is 0 Å². The lowest BCUT2D eigenvalue weighted by atomic mass is 10.2. The molecular weight excluding hydrogens is 225 g/mol. The third kappa shape index (κ3) is 2.54. The van der Waals surface area contributed by atoms with Crippen molar-refractivity contribution in [2.24, 2.45) is 0 Å². The lowest BCUT2D eigenvalue weighted by molar-refractivity contribution is 0.102. The zero-order chi connectivity index (χ0) is 12.3. The molecule has 0 spiro atoms. The fourth-order valence-electron chi connectivity index (χ4n) is 1.20. The highest BCUT2D eigenvalue weighted by Gasteiger charge is 2.08. The molecule has 2 aromatic rings. The molecule has 0 saturated carbocycles. The van der Waals surface area contributed by atoms with Gasteiger partial charge in [-0.2, -0.15) is 0 Å². The average Bonchev–Trinajstić information content (AvgIpc) is 2.35. The molecule has 1 heterocycles. The molecule has 0 bridgehead atoms. The molecule has 0 atom stereocenters. The molecule has 0 radical (unpaired) electrons. The molecule has 6 heteroatoms. The number of halogens is 1. The van der Waals surface area contributed by atoms with Crippen LogP contribution in [0.15, 0.2) is 36.9 Å². The van der Waals surface area contributed by atoms with Gasteiger partial charge in [0.1, 0.15) is 6.33 Å². The molecular formula is C11H8FN3O2. The van der Waals surface area contributed by atoms with Crippen LogP contribution in [0.5, 0.6) is 5.75 Å². The maximum absolute atomic E-state index is 13.0. The van der Waals surface area contributed by atoms with Gasteiger partial charge in [-0.1, -0.05) is 0 Å². The highest BCUT2D eigenvalue weighted by Crippen LogP contribution is 2.19. The number of phenolic OH excluding ortho intramolecular Hbond substituents is 1. The van der Waals surface area contributed by atoms with Crippen LogP contribution in [0.25, 0.3) is 0 Å². The Morgan fingerprint density at radius 3 is 2.65 bits per heavy atom. The van der Waals surface area contributed by atoms with Crippen LogP contribution in [0.2, 0.25) is 0 Å². The molecule has 0 aliphatic rings. The smallest absolute Gasteiger partial charge is 0.258 e. The monoisotopic (exact) mass is 233 g/mol. The van der Waals surface area contributed by atoms with Crippen LogP contribution >= 0.6 is 0 Å². The van der Waals surface area contributed by atoms with Crippen molar-refractivity contribution in [1.29, 1.82) is 0 Å². The van der Waals surface area contributed by atoms with Crippen molar-refractivity contribution in [3.05, 3.63) is 48.3 Å². The number of aromatic nitrogens is 2. The van der Waals surface area contributed by atoms with Crippen molar-refractivity contribution in [1.82, 2.24) is 9.97 Å². The zero-order valence-corrected chi connectivity index (χ0v) is 8.59. The van der Waals surface area contributed by atoms with Crippen molar-refractivity contribution in [3.63, 3.8) is 0 Å². The van der Waals surface area contributed by atoms with E-state index in [-0.39, 0.29) is 11.3 Å². The number of carbonyl (C=O) groups is 1. The summed E-state index contributed by atoms with van der Waals surface area (Å²) in [5.41, 5.74) is 0.509. The Bertz CT molecular complexity index is 546. The number of carbonyl (C=O) groups excluding carboxylic acids is 1. The third-order valence-corrected chi connectivity index (χ3v) is 2.03. The van der Waals surface area contributed by atoms with Crippen LogP contribution in [0.1, 0.15) is 10.4 Å². The first-order valence-corrected chi connectivity index (χ1v) is 4.71. The number of anilines is 1. The highest BCUT2D eigenvalue weighted by molar-refractivity contribution is 6.03. The topological polar surface area (TPSA) is 75.1 Å². The van der Waals surface area contributed by atoms with E-state index in [4.69, 9.17) is 5.11 Å². The SMILES string of the molecule is O=C(Nc1ccc(O)c(F)c1)c1cncnc1. The molecule has 0 unspecified atom stereocenters. The minimum absolute atomic E-state index is 0.245. The molecule has 17 heavy (non-hydrogen) atoms. The van der Waals surface area contributed by atoms with Crippen LogP contribution in [0.3, 0.4) is 0 Å². The minimum atomic E-state index is -0.799. The predicted molar refractivity (Wildman–Crippen MR) is 58.1 cm³/mol. The maximum atomic E-state index is 13.0. The van der Waals surface area contributed by atoms with E-state index < -0.39 is 17.5 Å². The van der Waals surface area contributed by atoms with E-state index in [1.165, 1.54) is 24.8 Å². The van der Waals surface area contributed by atoms with Crippen LogP contribution in [-0.4, -0.2) is 21.0 Å². The van der Waals surface area contributed by atoms with Gasteiger partial charge in [-0.25, -0.2) is 14.4 Å². The van der Waals surface area contributed by atoms with Gasteiger partial charge < -0.3 is 10.4 Å². The molecule has 0 saturated heterocycles. The average molecular weight is 233 g/mol. The molecule has 5 nitrogen and oxygen atoms in total. The lowest BCUT2D eigenvalue weighted by Crippen LogP contribution is -2.12. The number of hydrogen-bond donors (Lipinski definition) is 2. The minimum Gasteiger partial charge on any atom is -0.505 e. The predicted octanol–water partition coefficient (Wildman–Crippen LogP) is 1.57. The summed E-state index contributed by atoms with van der Waals surface area (Å²) < 4.78 is 13.0. The molecule has 86 valence electrons. The number of aromatic hydroxyl groups is 1. The summed E-state index contributed by atoms with van der Waals surface area (Å²) in [6.07, 6.45) is 4.00. The standard InChI is InChI=1S/C11H8FN3O2/c12-9-3-8(1-2-10(9)16)15-11(17)7-4-13-6-14-5-7/h1-6,16H,(H,15,17). The molecule has 0 aliphatic heterocycles. The van der Waals surface area contributed by atoms with E-state index in [9.17, 15) is 9.18 Å². The van der Waals surface area contributed by atoms with Crippen molar-refractivity contribution in [2.75, 3.05) is 5.32 Å². The number of hydrogen-bond acceptors (Lipinski definition) is 4. The number of benzene rings is 1. The zero-order valence-electron chi connectivity index (χ0n) is 8.59. The summed E-state index contributed by atoms with van der Waals surface area (Å²) in [5.74, 6) is -1.71. The van der Waals surface area contributed by atoms with Crippen LogP contribution in [-0.2, 0) is 0 Å². The van der Waals surface area contributed by atoms with Crippen molar-refractivity contribution < 1.29 is 14.3 Å². The summed E-state index contributed by atoms with van der Waals surface area (Å²) in [4.78, 5) is 19.0. The first-order valence-electron chi connectivity index (χ1n) is 4.71. The number of nitrogens with one attached hydrogen (secondary N) is 1. The summed E-state index contributed by atoms with van der Waals surface area (Å²) in [6.45, 7) is 0. The Hall–Kier alpha value is -2.50. The summed E-state index contributed by atoms with van der Waals surface area (Å²) in [7, 11) is 0. The van der Waals surface area contributed by atoms with Gasteiger partial charge in [0.15, 0.2) is 11.6 Å². The van der Waals surface area contributed by atoms with E-state index in [1.54, 1.807) is 0 Å². The summed E-state index contributed by atoms with van der Waals surface area (Å²) >= 11 is 0. The first kappa shape index (κ1) is 11.0. The fraction of sp³-hybridized carbons (Fsp3) is 0. The van der Waals surface area contributed by atoms with Gasteiger partial charge >= 0.3 is 0 Å². The van der Waals surface area contributed by atoms with Gasteiger partial charge in [0.2, 0.25) is 0 Å². The van der Waals surface area contributed by atoms with Gasteiger partial charge in [-0.05, 0) is 12.1 Å². The molecule has 2 rings (SSSR count). The Balaban J connectivity index is 2.16. The quantitative estimate of drug-likeness (QED) is 0.772. The van der Waals surface area contributed by atoms with Crippen LogP contribution in [0, 0.1) is 5.82 Å². The maximum Gasteiger partial charge on any atom is 0.258 e. The largest absolute Gasteiger partial charge is 0.505 e. The van der Waals surface area contributed by atoms with Gasteiger partial charge in [0.25, 0.3) is 5.91 Å². The van der Waals surface area contributed by atoms with E-state index in [0.717, 1.165) is 12.1 Å². The summed E-state index contributed by atoms with van der Waals surface area (Å²) in [5, 5.41) is 11.4. The molecule has 0 aliphatic carbocycles. The molecule has 2 N–H and O–H groups in total. The fourth-order valence-corrected chi connectivity index (χ4v) is 1.20.